The molecule has 9 nitrogen and oxygen atoms in total. The minimum absolute atomic E-state index is 0.0183. The summed E-state index contributed by atoms with van der Waals surface area (Å²) in [6.45, 7) is 0.791. The summed E-state index contributed by atoms with van der Waals surface area (Å²) in [6, 6.07) is 12.2. The maximum absolute atomic E-state index is 15.7. The molecule has 38 heavy (non-hydrogen) atoms. The predicted molar refractivity (Wildman–Crippen MR) is 140 cm³/mol. The fraction of sp³-hybridized carbons (Fsp3) is 0.296. The molecule has 1 aliphatic rings. The van der Waals surface area contributed by atoms with E-state index in [1.807, 2.05) is 23.9 Å². The fourth-order valence-corrected chi connectivity index (χ4v) is 5.14. The summed E-state index contributed by atoms with van der Waals surface area (Å²) in [7, 11) is 5.59. The van der Waals surface area contributed by atoms with Crippen LogP contribution in [0.1, 0.15) is 12.0 Å². The van der Waals surface area contributed by atoms with Crippen molar-refractivity contribution in [3.05, 3.63) is 60.2 Å². The van der Waals surface area contributed by atoms with E-state index in [4.69, 9.17) is 4.98 Å². The lowest BCUT2D eigenvalue weighted by molar-refractivity contribution is 0.182. The zero-order valence-corrected chi connectivity index (χ0v) is 21.2. The number of aromatic nitrogens is 6. The van der Waals surface area contributed by atoms with Crippen molar-refractivity contribution >= 4 is 22.5 Å². The summed E-state index contributed by atoms with van der Waals surface area (Å²) < 4.78 is 33.8. The van der Waals surface area contributed by atoms with Gasteiger partial charge in [0.15, 0.2) is 11.5 Å². The van der Waals surface area contributed by atoms with Gasteiger partial charge in [-0.15, -0.1) is 5.10 Å². The Bertz CT molecular complexity index is 1700. The summed E-state index contributed by atoms with van der Waals surface area (Å²) in [5, 5.41) is 17.5. The van der Waals surface area contributed by atoms with Crippen LogP contribution in [0.15, 0.2) is 48.8 Å². The summed E-state index contributed by atoms with van der Waals surface area (Å²) in [4.78, 5) is 13.5. The van der Waals surface area contributed by atoms with E-state index < -0.39 is 12.0 Å². The largest absolute Gasteiger partial charge is 0.349 e. The van der Waals surface area contributed by atoms with Crippen molar-refractivity contribution in [2.45, 2.75) is 18.6 Å². The number of nitriles is 1. The van der Waals surface area contributed by atoms with Crippen LogP contribution in [0.4, 0.5) is 14.6 Å². The lowest BCUT2D eigenvalue weighted by atomic mass is 10.0. The van der Waals surface area contributed by atoms with E-state index >= 15 is 4.39 Å². The number of anilines is 1. The summed E-state index contributed by atoms with van der Waals surface area (Å²) in [5.41, 5.74) is 4.15. The first kappa shape index (κ1) is 23.9. The Kier molecular flexibility index (Phi) is 5.76. The van der Waals surface area contributed by atoms with Gasteiger partial charge in [0.2, 0.25) is 0 Å². The minimum atomic E-state index is -1.01. The number of fused-ring (bicyclic) bond motifs is 2. The molecule has 6 rings (SSSR count). The van der Waals surface area contributed by atoms with Crippen LogP contribution in [0.3, 0.4) is 0 Å². The van der Waals surface area contributed by atoms with Crippen LogP contribution in [0.5, 0.6) is 0 Å². The van der Waals surface area contributed by atoms with Crippen molar-refractivity contribution in [1.82, 2.24) is 34.3 Å². The van der Waals surface area contributed by atoms with Crippen LogP contribution < -0.4 is 4.90 Å². The lowest BCUT2D eigenvalue weighted by Gasteiger charge is -2.38. The highest BCUT2D eigenvalue weighted by atomic mass is 19.1. The maximum Gasteiger partial charge on any atom is 0.181 e. The fourth-order valence-electron chi connectivity index (χ4n) is 5.14. The number of hydrogen-bond acceptors (Lipinski definition) is 7. The van der Waals surface area contributed by atoms with E-state index in [0.29, 0.717) is 63.5 Å². The van der Waals surface area contributed by atoms with E-state index in [2.05, 4.69) is 21.4 Å². The average Bonchev–Trinajstić information content (AvgIpc) is 3.48. The third-order valence-corrected chi connectivity index (χ3v) is 7.17. The van der Waals surface area contributed by atoms with Gasteiger partial charge in [-0.3, -0.25) is 4.40 Å². The Hall–Kier alpha value is -4.43. The van der Waals surface area contributed by atoms with Crippen LogP contribution in [-0.4, -0.2) is 73.7 Å². The third kappa shape index (κ3) is 3.94. The Morgan fingerprint density at radius 2 is 1.92 bits per heavy atom. The molecular weight excluding hydrogens is 488 g/mol. The second kappa shape index (κ2) is 9.15. The maximum atomic E-state index is 15.7. The molecule has 0 N–H and O–H groups in total. The number of benzene rings is 2. The van der Waals surface area contributed by atoms with Gasteiger partial charge < -0.3 is 9.80 Å². The van der Waals surface area contributed by atoms with Gasteiger partial charge in [0.1, 0.15) is 17.5 Å². The Morgan fingerprint density at radius 3 is 2.66 bits per heavy atom. The van der Waals surface area contributed by atoms with E-state index in [9.17, 15) is 9.65 Å². The molecule has 0 amide bonds. The van der Waals surface area contributed by atoms with E-state index in [1.165, 1.54) is 10.7 Å². The van der Waals surface area contributed by atoms with Crippen LogP contribution in [0.25, 0.3) is 39.2 Å². The van der Waals surface area contributed by atoms with Gasteiger partial charge in [0.25, 0.3) is 0 Å². The molecule has 11 heteroatoms. The average molecular weight is 514 g/mol. The normalized spacial score (nSPS) is 18.0. The highest BCUT2D eigenvalue weighted by Gasteiger charge is 2.31. The number of rotatable bonds is 4. The van der Waals surface area contributed by atoms with E-state index in [0.717, 1.165) is 0 Å². The monoisotopic (exact) mass is 513 g/mol. The molecule has 5 aromatic rings. The van der Waals surface area contributed by atoms with E-state index in [1.54, 1.807) is 54.2 Å². The number of nitrogens with zero attached hydrogens (tertiary/aromatic N) is 9. The van der Waals surface area contributed by atoms with Crippen LogP contribution in [0.2, 0.25) is 0 Å². The second-order valence-corrected chi connectivity index (χ2v) is 9.83. The van der Waals surface area contributed by atoms with Crippen LogP contribution in [-0.2, 0) is 7.05 Å². The molecule has 3 aromatic heterocycles. The van der Waals surface area contributed by atoms with Gasteiger partial charge in [-0.1, -0.05) is 17.3 Å². The van der Waals surface area contributed by atoms with Crippen LogP contribution in [0, 0.1) is 17.1 Å². The standard InChI is InChI=1S/C27H25F2N9/c1-35(2)19-10-18(28)14-37(15-19)26-27-32-24(17-6-4-16(13-30)5-7-17)25(38(27)9-8-31-26)20-11-22-23(12-21(20)29)36(3)34-33-22/h4-9,11-12,18-19H,10,14-15H2,1-3H3/t18-,19+/m0/s1. The molecule has 192 valence electrons. The molecule has 0 radical (unpaired) electrons. The summed E-state index contributed by atoms with van der Waals surface area (Å²) in [6.07, 6.45) is 2.80. The number of hydrogen-bond donors (Lipinski definition) is 0. The minimum Gasteiger partial charge on any atom is -0.349 e. The predicted octanol–water partition coefficient (Wildman–Crippen LogP) is 3.83. The summed E-state index contributed by atoms with van der Waals surface area (Å²) in [5.74, 6) is 0.0799. The molecular formula is C27H25F2N9. The van der Waals surface area contributed by atoms with Gasteiger partial charge in [0, 0.05) is 49.2 Å². The number of alkyl halides is 1. The smallest absolute Gasteiger partial charge is 0.181 e. The van der Waals surface area contributed by atoms with Crippen molar-refractivity contribution in [3.63, 3.8) is 0 Å². The van der Waals surface area contributed by atoms with Crippen molar-refractivity contribution in [3.8, 4) is 28.6 Å². The van der Waals surface area contributed by atoms with Gasteiger partial charge in [-0.05, 0) is 38.7 Å². The quantitative estimate of drug-likeness (QED) is 0.361. The highest BCUT2D eigenvalue weighted by Crippen LogP contribution is 2.38. The molecule has 0 aliphatic carbocycles. The molecule has 0 saturated carbocycles. The number of imidazole rings is 1. The topological polar surface area (TPSA) is 91.2 Å². The highest BCUT2D eigenvalue weighted by molar-refractivity contribution is 5.89. The van der Waals surface area contributed by atoms with Gasteiger partial charge >= 0.3 is 0 Å². The van der Waals surface area contributed by atoms with E-state index in [-0.39, 0.29) is 12.6 Å². The molecule has 1 aliphatic heterocycles. The van der Waals surface area contributed by atoms with Crippen LogP contribution >= 0.6 is 0 Å². The first-order valence-corrected chi connectivity index (χ1v) is 12.3. The van der Waals surface area contributed by atoms with Gasteiger partial charge in [0.05, 0.1) is 35.1 Å². The Morgan fingerprint density at radius 1 is 1.13 bits per heavy atom. The second-order valence-electron chi connectivity index (χ2n) is 9.83. The van der Waals surface area contributed by atoms with Crippen molar-refractivity contribution in [2.24, 2.45) is 7.05 Å². The zero-order valence-electron chi connectivity index (χ0n) is 21.2. The molecule has 0 unspecified atom stereocenters. The first-order chi connectivity index (χ1) is 18.3. The Balaban J connectivity index is 1.59. The molecule has 1 fully saturated rings. The number of likely N-dealkylation sites (N-methyl/N-ethyl adjacent to an activating group) is 1. The van der Waals surface area contributed by atoms with Crippen molar-refractivity contribution in [1.29, 1.82) is 5.26 Å². The first-order valence-electron chi connectivity index (χ1n) is 12.3. The lowest BCUT2D eigenvalue weighted by Crippen LogP contribution is -2.50. The third-order valence-electron chi connectivity index (χ3n) is 7.17. The Labute approximate surface area is 217 Å². The van der Waals surface area contributed by atoms with Gasteiger partial charge in [-0.2, -0.15) is 5.26 Å². The van der Waals surface area contributed by atoms with Crippen molar-refractivity contribution < 1.29 is 8.78 Å². The molecule has 1 saturated heterocycles. The van der Waals surface area contributed by atoms with Gasteiger partial charge in [-0.25, -0.2) is 23.4 Å². The SMILES string of the molecule is CN(C)[C@@H]1C[C@H](F)CN(c2nccn3c(-c4cc5nnn(C)c5cc4F)c(-c4ccc(C#N)cc4)nc23)C1. The van der Waals surface area contributed by atoms with Crippen molar-refractivity contribution in [2.75, 3.05) is 32.1 Å². The molecule has 2 aromatic carbocycles. The molecule has 4 heterocycles. The summed E-state index contributed by atoms with van der Waals surface area (Å²) >= 11 is 0. The number of aryl methyl sites for hydroxylation is 1. The molecule has 0 spiro atoms. The number of halogens is 2. The molecule has 0 bridgehead atoms. The molecule has 2 atom stereocenters. The number of piperidine rings is 1. The zero-order chi connectivity index (χ0) is 26.6.